The van der Waals surface area contributed by atoms with Crippen molar-refractivity contribution < 1.29 is 0 Å². The van der Waals surface area contributed by atoms with E-state index in [0.29, 0.717) is 17.7 Å². The Hall–Kier alpha value is -3.39. The summed E-state index contributed by atoms with van der Waals surface area (Å²) in [7, 11) is 0. The third-order valence-electron chi connectivity index (χ3n) is 7.50. The van der Waals surface area contributed by atoms with Gasteiger partial charge in [0.15, 0.2) is 11.6 Å². The molecule has 0 saturated heterocycles. The van der Waals surface area contributed by atoms with Crippen LogP contribution in [0.25, 0.3) is 22.5 Å². The largest absolute Gasteiger partial charge is 0.328 e. The number of unbranched alkanes of at least 4 members (excludes halogenated alkanes) is 1. The van der Waals surface area contributed by atoms with Crippen LogP contribution in [0.15, 0.2) is 48.5 Å². The molecule has 8 heteroatoms. The number of H-pyrrole nitrogens is 1. The first-order chi connectivity index (χ1) is 17.6. The summed E-state index contributed by atoms with van der Waals surface area (Å²) in [5.41, 5.74) is 10.6. The number of nitrogens with zero attached hydrogens (tertiary/aromatic N) is 6. The fourth-order valence-electron chi connectivity index (χ4n) is 5.34. The molecule has 4 aromatic rings. The highest BCUT2D eigenvalue weighted by Crippen LogP contribution is 2.36. The van der Waals surface area contributed by atoms with Crippen LogP contribution in [0.2, 0.25) is 0 Å². The van der Waals surface area contributed by atoms with E-state index < -0.39 is 0 Å². The molecule has 36 heavy (non-hydrogen) atoms. The molecule has 1 atom stereocenters. The summed E-state index contributed by atoms with van der Waals surface area (Å²) in [6.45, 7) is 5.09. The van der Waals surface area contributed by atoms with Crippen LogP contribution >= 0.6 is 0 Å². The zero-order chi connectivity index (χ0) is 24.9. The molecule has 1 aliphatic carbocycles. The lowest BCUT2D eigenvalue weighted by atomic mass is 9.79. The van der Waals surface area contributed by atoms with Crippen molar-refractivity contribution in [2.45, 2.75) is 77.3 Å². The Bertz CT molecular complexity index is 1240. The number of nitrogens with two attached hydrogens (primary N) is 1. The van der Waals surface area contributed by atoms with E-state index in [-0.39, 0.29) is 6.04 Å². The standard InChI is InChI=1S/C28H36N8/c1-3-4-9-26-30-28(23-16-14-21(15-17-23)19(2)29)36(33-26)18-20-10-12-22(13-11-20)24-7-5-6-8-25(24)27-31-34-35-32-27/h5-8,10-13,19,21,23H,3-4,9,14-18,29H2,1-2H3,(H,31,32,34,35). The molecule has 0 radical (unpaired) electrons. The van der Waals surface area contributed by atoms with Crippen molar-refractivity contribution in [2.75, 3.05) is 0 Å². The van der Waals surface area contributed by atoms with Gasteiger partial charge in [0.05, 0.1) is 6.54 Å². The van der Waals surface area contributed by atoms with Crippen molar-refractivity contribution in [2.24, 2.45) is 11.7 Å². The van der Waals surface area contributed by atoms with Crippen LogP contribution in [0.1, 0.15) is 75.5 Å². The van der Waals surface area contributed by atoms with E-state index in [2.05, 4.69) is 69.5 Å². The zero-order valence-corrected chi connectivity index (χ0v) is 21.3. The lowest BCUT2D eigenvalue weighted by Gasteiger charge is -2.30. The predicted octanol–water partition coefficient (Wildman–Crippen LogP) is 5.14. The second-order valence-electron chi connectivity index (χ2n) is 10.1. The summed E-state index contributed by atoms with van der Waals surface area (Å²) in [5.74, 6) is 3.88. The maximum atomic E-state index is 6.19. The zero-order valence-electron chi connectivity index (χ0n) is 21.3. The van der Waals surface area contributed by atoms with Gasteiger partial charge in [0.2, 0.25) is 0 Å². The summed E-state index contributed by atoms with van der Waals surface area (Å²) in [4.78, 5) is 5.04. The molecule has 8 nitrogen and oxygen atoms in total. The Morgan fingerprint density at radius 2 is 1.78 bits per heavy atom. The van der Waals surface area contributed by atoms with E-state index in [1.165, 1.54) is 18.4 Å². The third-order valence-corrected chi connectivity index (χ3v) is 7.50. The van der Waals surface area contributed by atoms with Gasteiger partial charge in [-0.15, -0.1) is 5.10 Å². The molecule has 1 saturated carbocycles. The van der Waals surface area contributed by atoms with Crippen molar-refractivity contribution in [1.29, 1.82) is 0 Å². The van der Waals surface area contributed by atoms with E-state index in [0.717, 1.165) is 67.0 Å². The normalized spacial score (nSPS) is 18.9. The van der Waals surface area contributed by atoms with Gasteiger partial charge in [0, 0.05) is 23.9 Å². The lowest BCUT2D eigenvalue weighted by molar-refractivity contribution is 0.282. The van der Waals surface area contributed by atoms with Gasteiger partial charge in [-0.2, -0.15) is 5.10 Å². The van der Waals surface area contributed by atoms with Gasteiger partial charge in [0.1, 0.15) is 5.82 Å². The highest BCUT2D eigenvalue weighted by molar-refractivity contribution is 5.80. The van der Waals surface area contributed by atoms with Gasteiger partial charge in [-0.25, -0.2) is 14.8 Å². The minimum Gasteiger partial charge on any atom is -0.328 e. The van der Waals surface area contributed by atoms with Gasteiger partial charge >= 0.3 is 0 Å². The quantitative estimate of drug-likeness (QED) is 0.340. The Labute approximate surface area is 212 Å². The Morgan fingerprint density at radius 3 is 2.44 bits per heavy atom. The number of aryl methyl sites for hydroxylation is 1. The molecule has 0 amide bonds. The first-order valence-electron chi connectivity index (χ1n) is 13.2. The maximum absolute atomic E-state index is 6.19. The SMILES string of the molecule is CCCCc1nc(C2CCC(C(C)N)CC2)n(Cc2ccc(-c3ccccc3-c3nnn[nH]3)cc2)n1. The molecule has 188 valence electrons. The predicted molar refractivity (Wildman–Crippen MR) is 141 cm³/mol. The van der Waals surface area contributed by atoms with Crippen molar-refractivity contribution in [3.8, 4) is 22.5 Å². The summed E-state index contributed by atoms with van der Waals surface area (Å²) in [6, 6.07) is 17.2. The smallest absolute Gasteiger partial charge is 0.180 e. The summed E-state index contributed by atoms with van der Waals surface area (Å²) >= 11 is 0. The fraction of sp³-hybridized carbons (Fsp3) is 0.464. The minimum atomic E-state index is 0.271. The van der Waals surface area contributed by atoms with Crippen molar-refractivity contribution in [1.82, 2.24) is 35.4 Å². The van der Waals surface area contributed by atoms with Crippen molar-refractivity contribution in [3.05, 3.63) is 65.7 Å². The van der Waals surface area contributed by atoms with E-state index in [1.807, 2.05) is 18.2 Å². The Balaban J connectivity index is 1.37. The highest BCUT2D eigenvalue weighted by atomic mass is 15.5. The Morgan fingerprint density at radius 1 is 1.03 bits per heavy atom. The van der Waals surface area contributed by atoms with Crippen molar-refractivity contribution in [3.63, 3.8) is 0 Å². The van der Waals surface area contributed by atoms with Gasteiger partial charge in [0.25, 0.3) is 0 Å². The van der Waals surface area contributed by atoms with Crippen molar-refractivity contribution >= 4 is 0 Å². The molecule has 3 N–H and O–H groups in total. The number of aromatic nitrogens is 7. The van der Waals surface area contributed by atoms with Crippen LogP contribution in [0.4, 0.5) is 0 Å². The van der Waals surface area contributed by atoms with E-state index in [4.69, 9.17) is 15.8 Å². The number of aromatic amines is 1. The van der Waals surface area contributed by atoms with E-state index >= 15 is 0 Å². The molecular formula is C28H36N8. The fourth-order valence-corrected chi connectivity index (χ4v) is 5.34. The molecule has 1 fully saturated rings. The lowest BCUT2D eigenvalue weighted by Crippen LogP contribution is -2.30. The van der Waals surface area contributed by atoms with Gasteiger partial charge in [-0.3, -0.25) is 0 Å². The molecule has 1 aliphatic rings. The molecular weight excluding hydrogens is 448 g/mol. The molecule has 2 aromatic heterocycles. The van der Waals surface area contributed by atoms with Crippen LogP contribution in [0.5, 0.6) is 0 Å². The molecule has 0 aliphatic heterocycles. The molecule has 5 rings (SSSR count). The average molecular weight is 485 g/mol. The number of hydrogen-bond acceptors (Lipinski definition) is 6. The Kier molecular flexibility index (Phi) is 7.51. The van der Waals surface area contributed by atoms with Gasteiger partial charge in [-0.1, -0.05) is 61.9 Å². The molecule has 0 bridgehead atoms. The number of hydrogen-bond donors (Lipinski definition) is 2. The van der Waals surface area contributed by atoms with E-state index in [9.17, 15) is 0 Å². The molecule has 2 aromatic carbocycles. The highest BCUT2D eigenvalue weighted by Gasteiger charge is 2.28. The van der Waals surface area contributed by atoms with Gasteiger partial charge < -0.3 is 5.73 Å². The molecule has 1 unspecified atom stereocenters. The second kappa shape index (κ2) is 11.1. The third kappa shape index (κ3) is 5.38. The van der Waals surface area contributed by atoms with Crippen LogP contribution in [0.3, 0.4) is 0 Å². The van der Waals surface area contributed by atoms with Crippen LogP contribution in [-0.4, -0.2) is 41.4 Å². The number of benzene rings is 2. The number of nitrogens with one attached hydrogen (secondary N) is 1. The topological polar surface area (TPSA) is 111 Å². The first-order valence-corrected chi connectivity index (χ1v) is 13.2. The van der Waals surface area contributed by atoms with Crippen LogP contribution < -0.4 is 5.73 Å². The first kappa shape index (κ1) is 24.3. The average Bonchev–Trinajstić information content (AvgIpc) is 3.59. The van der Waals surface area contributed by atoms with E-state index in [1.54, 1.807) is 0 Å². The van der Waals surface area contributed by atoms with Crippen LogP contribution in [0, 0.1) is 5.92 Å². The number of tetrazole rings is 1. The maximum Gasteiger partial charge on any atom is 0.180 e. The monoisotopic (exact) mass is 484 g/mol. The summed E-state index contributed by atoms with van der Waals surface area (Å²) in [6.07, 6.45) is 7.85. The summed E-state index contributed by atoms with van der Waals surface area (Å²) in [5, 5.41) is 19.4. The molecule has 0 spiro atoms. The van der Waals surface area contributed by atoms with Gasteiger partial charge in [-0.05, 0) is 72.1 Å². The van der Waals surface area contributed by atoms with Crippen LogP contribution in [-0.2, 0) is 13.0 Å². The molecule has 2 heterocycles. The summed E-state index contributed by atoms with van der Waals surface area (Å²) < 4.78 is 2.16. The second-order valence-corrected chi connectivity index (χ2v) is 10.1. The minimum absolute atomic E-state index is 0.271. The number of rotatable bonds is 9.